The second-order valence-corrected chi connectivity index (χ2v) is 6.44. The van der Waals surface area contributed by atoms with Crippen LogP contribution in [0.4, 0.5) is 0 Å². The van der Waals surface area contributed by atoms with E-state index >= 15 is 0 Å². The highest BCUT2D eigenvalue weighted by Crippen LogP contribution is 2.29. The number of ether oxygens (including phenoxy) is 2. The minimum Gasteiger partial charge on any atom is -0.460 e. The fourth-order valence-electron chi connectivity index (χ4n) is 2.42. The highest BCUT2D eigenvalue weighted by atomic mass is 32.2. The molecule has 1 aliphatic heterocycles. The zero-order chi connectivity index (χ0) is 15.5. The molecule has 22 heavy (non-hydrogen) atoms. The average molecular weight is 316 g/mol. The van der Waals surface area contributed by atoms with Crippen LogP contribution in [0.25, 0.3) is 16.8 Å². The summed E-state index contributed by atoms with van der Waals surface area (Å²) in [5.41, 5.74) is 1.26. The molecule has 0 saturated carbocycles. The Balaban J connectivity index is 1.94. The lowest BCUT2D eigenvalue weighted by atomic mass is 10.0. The standard InChI is InChI=1S/C17H16O4S/c1-20-6-7-21-17(18)15-9-14-8-12-4-2-3-5-13(12)10-16(14)22(19)11-15/h2-5,8-10H,6-7,11H2,1H3. The summed E-state index contributed by atoms with van der Waals surface area (Å²) in [6.45, 7) is 0.549. The molecule has 3 rings (SSSR count). The van der Waals surface area contributed by atoms with Crippen molar-refractivity contribution in [2.45, 2.75) is 4.90 Å². The maximum atomic E-state index is 12.4. The van der Waals surface area contributed by atoms with Gasteiger partial charge in [0.2, 0.25) is 0 Å². The SMILES string of the molecule is COCCOC(=O)C1=Cc2cc3ccccc3cc2S(=O)C1. The van der Waals surface area contributed by atoms with Gasteiger partial charge in [0, 0.05) is 12.0 Å². The molecule has 5 heteroatoms. The van der Waals surface area contributed by atoms with Crippen molar-refractivity contribution in [1.29, 1.82) is 0 Å². The van der Waals surface area contributed by atoms with Gasteiger partial charge in [-0.1, -0.05) is 24.3 Å². The Bertz CT molecular complexity index is 779. The Morgan fingerprint density at radius 1 is 1.18 bits per heavy atom. The molecule has 114 valence electrons. The molecular formula is C17H16O4S. The number of fused-ring (bicyclic) bond motifs is 2. The van der Waals surface area contributed by atoms with Gasteiger partial charge in [0.25, 0.3) is 0 Å². The summed E-state index contributed by atoms with van der Waals surface area (Å²) in [7, 11) is 0.316. The number of carbonyl (C=O) groups excluding carboxylic acids is 1. The molecule has 0 saturated heterocycles. The third kappa shape index (κ3) is 2.96. The molecule has 0 aromatic heterocycles. The molecule has 0 amide bonds. The van der Waals surface area contributed by atoms with Crippen LogP contribution in [0.15, 0.2) is 46.9 Å². The van der Waals surface area contributed by atoms with E-state index < -0.39 is 16.8 Å². The van der Waals surface area contributed by atoms with Gasteiger partial charge in [0.15, 0.2) is 0 Å². The van der Waals surface area contributed by atoms with E-state index in [0.717, 1.165) is 21.2 Å². The molecule has 0 N–H and O–H groups in total. The highest BCUT2D eigenvalue weighted by Gasteiger charge is 2.23. The normalized spacial score (nSPS) is 17.0. The third-order valence-electron chi connectivity index (χ3n) is 3.52. The molecule has 0 spiro atoms. The summed E-state index contributed by atoms with van der Waals surface area (Å²) in [6, 6.07) is 11.8. The number of hydrogen-bond donors (Lipinski definition) is 0. The Morgan fingerprint density at radius 3 is 2.64 bits per heavy atom. The van der Waals surface area contributed by atoms with Crippen LogP contribution in [0, 0.1) is 0 Å². The lowest BCUT2D eigenvalue weighted by Gasteiger charge is -2.16. The van der Waals surface area contributed by atoms with Crippen LogP contribution in [0.3, 0.4) is 0 Å². The van der Waals surface area contributed by atoms with Crippen LogP contribution >= 0.6 is 0 Å². The zero-order valence-corrected chi connectivity index (χ0v) is 13.0. The van der Waals surface area contributed by atoms with Gasteiger partial charge in [0.1, 0.15) is 6.61 Å². The van der Waals surface area contributed by atoms with E-state index in [0.29, 0.717) is 12.2 Å². The maximum absolute atomic E-state index is 12.4. The topological polar surface area (TPSA) is 52.6 Å². The molecular weight excluding hydrogens is 300 g/mol. The lowest BCUT2D eigenvalue weighted by molar-refractivity contribution is -0.140. The first kappa shape index (κ1) is 14.9. The zero-order valence-electron chi connectivity index (χ0n) is 12.2. The molecule has 0 fully saturated rings. The number of hydrogen-bond acceptors (Lipinski definition) is 4. The number of esters is 1. The van der Waals surface area contributed by atoms with Gasteiger partial charge in [-0.2, -0.15) is 0 Å². The summed E-state index contributed by atoms with van der Waals surface area (Å²) in [5, 5.41) is 2.11. The fourth-order valence-corrected chi connectivity index (χ4v) is 3.70. The van der Waals surface area contributed by atoms with Crippen LogP contribution < -0.4 is 0 Å². The van der Waals surface area contributed by atoms with Crippen molar-refractivity contribution in [2.75, 3.05) is 26.1 Å². The molecule has 1 atom stereocenters. The van der Waals surface area contributed by atoms with Crippen LogP contribution in [0.1, 0.15) is 5.56 Å². The molecule has 2 aromatic rings. The molecule has 0 radical (unpaired) electrons. The summed E-state index contributed by atoms with van der Waals surface area (Å²) in [5.74, 6) is -0.235. The molecule has 2 aromatic carbocycles. The van der Waals surface area contributed by atoms with E-state index in [9.17, 15) is 9.00 Å². The largest absolute Gasteiger partial charge is 0.460 e. The number of rotatable bonds is 4. The molecule has 4 nitrogen and oxygen atoms in total. The number of carbonyl (C=O) groups is 1. The van der Waals surface area contributed by atoms with E-state index in [1.165, 1.54) is 0 Å². The second-order valence-electron chi connectivity index (χ2n) is 5.03. The van der Waals surface area contributed by atoms with Gasteiger partial charge in [-0.05, 0) is 34.5 Å². The molecule has 1 unspecified atom stereocenters. The average Bonchev–Trinajstić information content (AvgIpc) is 2.53. The van der Waals surface area contributed by atoms with Gasteiger partial charge >= 0.3 is 5.97 Å². The first-order chi connectivity index (χ1) is 10.7. The van der Waals surface area contributed by atoms with Crippen molar-refractivity contribution in [3.05, 3.63) is 47.5 Å². The Labute approximate surface area is 131 Å². The first-order valence-corrected chi connectivity index (χ1v) is 8.29. The summed E-state index contributed by atoms with van der Waals surface area (Å²) in [4.78, 5) is 12.8. The van der Waals surface area contributed by atoms with Gasteiger partial charge in [-0.25, -0.2) is 4.79 Å². The monoisotopic (exact) mass is 316 g/mol. The Kier molecular flexibility index (Phi) is 4.36. The van der Waals surface area contributed by atoms with Crippen molar-refractivity contribution in [3.63, 3.8) is 0 Å². The lowest BCUT2D eigenvalue weighted by Crippen LogP contribution is -2.19. The highest BCUT2D eigenvalue weighted by molar-refractivity contribution is 7.85. The van der Waals surface area contributed by atoms with Crippen LogP contribution in [0.2, 0.25) is 0 Å². The minimum absolute atomic E-state index is 0.192. The summed E-state index contributed by atoms with van der Waals surface area (Å²) in [6.07, 6.45) is 1.78. The van der Waals surface area contributed by atoms with Crippen LogP contribution in [-0.4, -0.2) is 36.3 Å². The van der Waals surface area contributed by atoms with Crippen molar-refractivity contribution in [2.24, 2.45) is 0 Å². The Morgan fingerprint density at radius 2 is 1.91 bits per heavy atom. The summed E-state index contributed by atoms with van der Waals surface area (Å²) < 4.78 is 22.4. The van der Waals surface area contributed by atoms with E-state index in [2.05, 4.69) is 0 Å². The third-order valence-corrected chi connectivity index (χ3v) is 4.94. The van der Waals surface area contributed by atoms with E-state index in [1.54, 1.807) is 13.2 Å². The van der Waals surface area contributed by atoms with E-state index in [4.69, 9.17) is 9.47 Å². The van der Waals surface area contributed by atoms with Crippen LogP contribution in [-0.2, 0) is 25.1 Å². The van der Waals surface area contributed by atoms with Gasteiger partial charge < -0.3 is 9.47 Å². The maximum Gasteiger partial charge on any atom is 0.335 e. The van der Waals surface area contributed by atoms with Crippen molar-refractivity contribution in [3.8, 4) is 0 Å². The summed E-state index contributed by atoms with van der Waals surface area (Å²) >= 11 is 0. The predicted octanol–water partition coefficient (Wildman–Crippen LogP) is 2.53. The van der Waals surface area contributed by atoms with Gasteiger partial charge in [-0.3, -0.25) is 4.21 Å². The molecule has 0 bridgehead atoms. The molecule has 0 aliphatic carbocycles. The van der Waals surface area contributed by atoms with Gasteiger partial charge in [-0.15, -0.1) is 0 Å². The number of benzene rings is 2. The Hall–Kier alpha value is -1.98. The van der Waals surface area contributed by atoms with E-state index in [-0.39, 0.29) is 12.4 Å². The molecule has 1 heterocycles. The number of methoxy groups -OCH3 is 1. The second kappa shape index (κ2) is 6.42. The predicted molar refractivity (Wildman–Crippen MR) is 86.0 cm³/mol. The van der Waals surface area contributed by atoms with E-state index in [1.807, 2.05) is 36.4 Å². The smallest absolute Gasteiger partial charge is 0.335 e. The van der Waals surface area contributed by atoms with Crippen molar-refractivity contribution < 1.29 is 18.5 Å². The van der Waals surface area contributed by atoms with Crippen molar-refractivity contribution in [1.82, 2.24) is 0 Å². The van der Waals surface area contributed by atoms with Gasteiger partial charge in [0.05, 0.1) is 28.7 Å². The van der Waals surface area contributed by atoms with Crippen molar-refractivity contribution >= 4 is 33.6 Å². The molecule has 1 aliphatic rings. The quantitative estimate of drug-likeness (QED) is 0.642. The first-order valence-electron chi connectivity index (χ1n) is 6.97. The minimum atomic E-state index is -1.23. The fraction of sp³-hybridized carbons (Fsp3) is 0.235. The van der Waals surface area contributed by atoms with Crippen LogP contribution in [0.5, 0.6) is 0 Å².